The molecule has 0 unspecified atom stereocenters. The lowest BCUT2D eigenvalue weighted by molar-refractivity contribution is 0.0803. The smallest absolute Gasteiger partial charge is 0.0995 e. The Morgan fingerprint density at radius 1 is 1.29 bits per heavy atom. The summed E-state index contributed by atoms with van der Waals surface area (Å²) in [5, 5.41) is 9.29. The molecule has 2 fully saturated rings. The summed E-state index contributed by atoms with van der Waals surface area (Å²) in [6, 6.07) is 11.2. The molecule has 0 saturated carbocycles. The van der Waals surface area contributed by atoms with Crippen molar-refractivity contribution >= 4 is 0 Å². The maximum Gasteiger partial charge on any atom is 0.0995 e. The molecule has 2 aliphatic rings. The lowest BCUT2D eigenvalue weighted by Gasteiger charge is -2.43. The Balaban J connectivity index is 2.11. The van der Waals surface area contributed by atoms with Gasteiger partial charge in [-0.2, -0.15) is 5.26 Å². The summed E-state index contributed by atoms with van der Waals surface area (Å²) in [4.78, 5) is 2.53. The van der Waals surface area contributed by atoms with Crippen LogP contribution in [0.25, 0.3) is 0 Å². The molecule has 2 saturated heterocycles. The normalized spacial score (nSPS) is 32.4. The summed E-state index contributed by atoms with van der Waals surface area (Å²) >= 11 is 0. The van der Waals surface area contributed by atoms with Crippen LogP contribution in [0.1, 0.15) is 43.2 Å². The second kappa shape index (κ2) is 3.85. The number of nitrogens with zero attached hydrogens (tertiary/aromatic N) is 2. The third kappa shape index (κ3) is 1.42. The highest BCUT2D eigenvalue weighted by Crippen LogP contribution is 2.50. The van der Waals surface area contributed by atoms with Gasteiger partial charge in [0.25, 0.3) is 0 Å². The van der Waals surface area contributed by atoms with Crippen molar-refractivity contribution < 1.29 is 0 Å². The maximum absolute atomic E-state index is 9.29. The molecule has 2 heterocycles. The molecule has 0 radical (unpaired) electrons. The molecule has 88 valence electrons. The van der Waals surface area contributed by atoms with Crippen molar-refractivity contribution in [2.45, 2.75) is 43.7 Å². The number of hydrogen-bond donors (Lipinski definition) is 0. The first kappa shape index (κ1) is 10.8. The molecule has 2 atom stereocenters. The van der Waals surface area contributed by atoms with Crippen molar-refractivity contribution in [2.75, 3.05) is 7.05 Å². The molecule has 0 amide bonds. The fraction of sp³-hybridized carbons (Fsp3) is 0.533. The number of hydrogen-bond acceptors (Lipinski definition) is 2. The van der Waals surface area contributed by atoms with Crippen LogP contribution >= 0.6 is 0 Å². The highest BCUT2D eigenvalue weighted by atomic mass is 15.2. The van der Waals surface area contributed by atoms with Crippen LogP contribution in [0.2, 0.25) is 0 Å². The van der Waals surface area contributed by atoms with Gasteiger partial charge in [-0.1, -0.05) is 18.2 Å². The SMILES string of the molecule is CN1[C@@H]2CCC[C@@]1(c1ccccc1C#N)CC2. The molecule has 17 heavy (non-hydrogen) atoms. The third-order valence-electron chi connectivity index (χ3n) is 4.79. The second-order valence-electron chi connectivity index (χ2n) is 5.38. The van der Waals surface area contributed by atoms with Gasteiger partial charge in [0, 0.05) is 11.6 Å². The molecule has 2 aliphatic heterocycles. The van der Waals surface area contributed by atoms with E-state index in [2.05, 4.69) is 30.1 Å². The summed E-state index contributed by atoms with van der Waals surface area (Å²) in [5.74, 6) is 0. The van der Waals surface area contributed by atoms with Crippen LogP contribution in [0.4, 0.5) is 0 Å². The first-order valence-corrected chi connectivity index (χ1v) is 6.50. The highest BCUT2D eigenvalue weighted by molar-refractivity contribution is 5.43. The van der Waals surface area contributed by atoms with E-state index >= 15 is 0 Å². The average molecular weight is 226 g/mol. The Labute approximate surface area is 103 Å². The summed E-state index contributed by atoms with van der Waals surface area (Å²) < 4.78 is 0. The molecule has 0 N–H and O–H groups in total. The molecule has 1 aromatic rings. The average Bonchev–Trinajstić information content (AvgIpc) is 2.58. The predicted molar refractivity (Wildman–Crippen MR) is 67.5 cm³/mol. The molecule has 0 spiro atoms. The zero-order valence-electron chi connectivity index (χ0n) is 10.3. The summed E-state index contributed by atoms with van der Waals surface area (Å²) in [7, 11) is 2.24. The molecule has 1 aromatic carbocycles. The zero-order valence-corrected chi connectivity index (χ0v) is 10.3. The van der Waals surface area contributed by atoms with Crippen molar-refractivity contribution in [2.24, 2.45) is 0 Å². The summed E-state index contributed by atoms with van der Waals surface area (Å²) in [5.41, 5.74) is 2.27. The first-order chi connectivity index (χ1) is 8.28. The van der Waals surface area contributed by atoms with Crippen LogP contribution in [0.5, 0.6) is 0 Å². The lowest BCUT2D eigenvalue weighted by Crippen LogP contribution is -2.45. The number of rotatable bonds is 1. The quantitative estimate of drug-likeness (QED) is 0.736. The van der Waals surface area contributed by atoms with Gasteiger partial charge in [-0.05, 0) is 50.8 Å². The molecule has 2 heteroatoms. The van der Waals surface area contributed by atoms with Gasteiger partial charge in [0.2, 0.25) is 0 Å². The zero-order chi connectivity index (χ0) is 11.9. The van der Waals surface area contributed by atoms with Crippen molar-refractivity contribution in [1.29, 1.82) is 5.26 Å². The van der Waals surface area contributed by atoms with E-state index in [1.807, 2.05) is 12.1 Å². The monoisotopic (exact) mass is 226 g/mol. The van der Waals surface area contributed by atoms with E-state index in [-0.39, 0.29) is 5.54 Å². The van der Waals surface area contributed by atoms with E-state index in [0.29, 0.717) is 0 Å². The van der Waals surface area contributed by atoms with E-state index in [9.17, 15) is 5.26 Å². The highest BCUT2D eigenvalue weighted by Gasteiger charge is 2.48. The minimum absolute atomic E-state index is 0.148. The molecule has 0 aliphatic carbocycles. The molecule has 3 rings (SSSR count). The van der Waals surface area contributed by atoms with Crippen molar-refractivity contribution in [1.82, 2.24) is 4.90 Å². The molecule has 2 nitrogen and oxygen atoms in total. The van der Waals surface area contributed by atoms with Crippen molar-refractivity contribution in [3.63, 3.8) is 0 Å². The lowest BCUT2D eigenvalue weighted by atomic mass is 9.80. The van der Waals surface area contributed by atoms with Gasteiger partial charge < -0.3 is 0 Å². The van der Waals surface area contributed by atoms with Gasteiger partial charge in [-0.3, -0.25) is 4.90 Å². The Hall–Kier alpha value is -1.33. The Bertz CT molecular complexity index is 470. The van der Waals surface area contributed by atoms with Gasteiger partial charge in [0.1, 0.15) is 0 Å². The van der Waals surface area contributed by atoms with Crippen LogP contribution in [-0.4, -0.2) is 18.0 Å². The van der Waals surface area contributed by atoms with Gasteiger partial charge >= 0.3 is 0 Å². The fourth-order valence-electron chi connectivity index (χ4n) is 3.84. The topological polar surface area (TPSA) is 27.0 Å². The van der Waals surface area contributed by atoms with Crippen molar-refractivity contribution in [3.8, 4) is 6.07 Å². The number of fused-ring (bicyclic) bond motifs is 2. The molecule has 0 aromatic heterocycles. The molecule has 2 bridgehead atoms. The van der Waals surface area contributed by atoms with Gasteiger partial charge in [-0.15, -0.1) is 0 Å². The Morgan fingerprint density at radius 2 is 2.12 bits per heavy atom. The first-order valence-electron chi connectivity index (χ1n) is 6.50. The van der Waals surface area contributed by atoms with Gasteiger partial charge in [0.05, 0.1) is 11.6 Å². The number of nitriles is 1. The Kier molecular flexibility index (Phi) is 2.45. The number of piperidine rings is 1. The molecular weight excluding hydrogens is 208 g/mol. The third-order valence-corrected chi connectivity index (χ3v) is 4.79. The van der Waals surface area contributed by atoms with Gasteiger partial charge in [-0.25, -0.2) is 0 Å². The Morgan fingerprint density at radius 3 is 2.94 bits per heavy atom. The molecular formula is C15H18N2. The van der Waals surface area contributed by atoms with Crippen LogP contribution in [-0.2, 0) is 5.54 Å². The van der Waals surface area contributed by atoms with Crippen LogP contribution in [0, 0.1) is 11.3 Å². The van der Waals surface area contributed by atoms with Crippen LogP contribution in [0.15, 0.2) is 24.3 Å². The fourth-order valence-corrected chi connectivity index (χ4v) is 3.84. The van der Waals surface area contributed by atoms with E-state index in [0.717, 1.165) is 11.6 Å². The largest absolute Gasteiger partial charge is 0.294 e. The predicted octanol–water partition coefficient (Wildman–Crippen LogP) is 3.03. The summed E-state index contributed by atoms with van der Waals surface area (Å²) in [6.07, 6.45) is 6.34. The minimum Gasteiger partial charge on any atom is -0.294 e. The summed E-state index contributed by atoms with van der Waals surface area (Å²) in [6.45, 7) is 0. The van der Waals surface area contributed by atoms with Crippen molar-refractivity contribution in [3.05, 3.63) is 35.4 Å². The van der Waals surface area contributed by atoms with Gasteiger partial charge in [0.15, 0.2) is 0 Å². The standard InChI is InChI=1S/C15H18N2/c1-17-13-6-4-9-15(17,10-8-13)14-7-3-2-5-12(14)11-16/h2-3,5,7,13H,4,6,8-10H2,1H3/t13-,15+/m1/s1. The number of benzene rings is 1. The second-order valence-corrected chi connectivity index (χ2v) is 5.38. The van der Waals surface area contributed by atoms with E-state index in [1.54, 1.807) is 0 Å². The van der Waals surface area contributed by atoms with E-state index in [4.69, 9.17) is 0 Å². The maximum atomic E-state index is 9.29. The van der Waals surface area contributed by atoms with Crippen LogP contribution in [0.3, 0.4) is 0 Å². The van der Waals surface area contributed by atoms with E-state index in [1.165, 1.54) is 37.7 Å². The van der Waals surface area contributed by atoms with E-state index < -0.39 is 0 Å². The minimum atomic E-state index is 0.148. The van der Waals surface area contributed by atoms with Crippen LogP contribution < -0.4 is 0 Å².